The molecule has 4 aromatic rings. The predicted molar refractivity (Wildman–Crippen MR) is 117 cm³/mol. The zero-order valence-electron chi connectivity index (χ0n) is 16.6. The third-order valence-electron chi connectivity index (χ3n) is 4.95. The summed E-state index contributed by atoms with van der Waals surface area (Å²) in [6, 6.07) is 21.1. The van der Waals surface area contributed by atoms with Gasteiger partial charge in [0.1, 0.15) is 6.04 Å². The molecule has 1 N–H and O–H groups in total. The minimum atomic E-state index is -0.468. The van der Waals surface area contributed by atoms with Crippen LogP contribution < -0.4 is 10.2 Å². The van der Waals surface area contributed by atoms with Crippen molar-refractivity contribution in [2.75, 3.05) is 17.3 Å². The van der Waals surface area contributed by atoms with Gasteiger partial charge in [0.05, 0.1) is 6.20 Å². The van der Waals surface area contributed by atoms with Crippen molar-refractivity contribution in [2.24, 2.45) is 0 Å². The van der Waals surface area contributed by atoms with Gasteiger partial charge < -0.3 is 14.6 Å². The Morgan fingerprint density at radius 1 is 1.00 bits per heavy atom. The van der Waals surface area contributed by atoms with Crippen LogP contribution in [0.3, 0.4) is 0 Å². The summed E-state index contributed by atoms with van der Waals surface area (Å²) in [6.07, 6.45) is 7.01. The summed E-state index contributed by atoms with van der Waals surface area (Å²) in [5, 5.41) is 3.06. The molecule has 0 bridgehead atoms. The van der Waals surface area contributed by atoms with Crippen molar-refractivity contribution in [2.45, 2.75) is 12.5 Å². The second-order valence-corrected chi connectivity index (χ2v) is 6.96. The Bertz CT molecular complexity index is 1080. The fourth-order valence-electron chi connectivity index (χ4n) is 3.33. The number of hydrogen-bond donors (Lipinski definition) is 1. The Kier molecular flexibility index (Phi) is 5.85. The Morgan fingerprint density at radius 2 is 1.80 bits per heavy atom. The number of pyridine rings is 1. The highest BCUT2D eigenvalue weighted by Gasteiger charge is 2.26. The van der Waals surface area contributed by atoms with Gasteiger partial charge in [0, 0.05) is 31.5 Å². The van der Waals surface area contributed by atoms with Crippen LogP contribution in [0.5, 0.6) is 0 Å². The van der Waals surface area contributed by atoms with Crippen LogP contribution in [0, 0.1) is 0 Å². The van der Waals surface area contributed by atoms with Crippen molar-refractivity contribution < 1.29 is 9.21 Å². The van der Waals surface area contributed by atoms with Crippen molar-refractivity contribution in [1.29, 1.82) is 0 Å². The van der Waals surface area contributed by atoms with Crippen LogP contribution in [0.4, 0.5) is 11.6 Å². The lowest BCUT2D eigenvalue weighted by Crippen LogP contribution is -2.43. The van der Waals surface area contributed by atoms with Crippen molar-refractivity contribution in [3.63, 3.8) is 0 Å². The van der Waals surface area contributed by atoms with Gasteiger partial charge in [-0.25, -0.2) is 4.98 Å². The van der Waals surface area contributed by atoms with Gasteiger partial charge in [-0.2, -0.15) is 0 Å². The molecule has 0 saturated carbocycles. The van der Waals surface area contributed by atoms with Crippen LogP contribution in [0.2, 0.25) is 0 Å². The number of benzene rings is 2. The maximum atomic E-state index is 13.3. The molecular weight excluding hydrogens is 376 g/mol. The molecule has 150 valence electrons. The molecule has 1 atom stereocenters. The summed E-state index contributed by atoms with van der Waals surface area (Å²) in [5.41, 5.74) is 3.85. The zero-order chi connectivity index (χ0) is 20.8. The Balaban J connectivity index is 1.57. The van der Waals surface area contributed by atoms with Gasteiger partial charge in [-0.15, -0.1) is 0 Å². The molecule has 0 unspecified atom stereocenters. The van der Waals surface area contributed by atoms with E-state index in [0.29, 0.717) is 12.3 Å². The maximum absolute atomic E-state index is 13.3. The second kappa shape index (κ2) is 9.05. The van der Waals surface area contributed by atoms with Gasteiger partial charge in [0.15, 0.2) is 6.39 Å². The first-order valence-corrected chi connectivity index (χ1v) is 9.67. The highest BCUT2D eigenvalue weighted by atomic mass is 16.4. The van der Waals surface area contributed by atoms with Crippen LogP contribution in [-0.4, -0.2) is 29.0 Å². The van der Waals surface area contributed by atoms with Crippen LogP contribution >= 0.6 is 0 Å². The van der Waals surface area contributed by atoms with Crippen LogP contribution in [0.25, 0.3) is 11.1 Å². The number of nitrogens with one attached hydrogen (secondary N) is 1. The van der Waals surface area contributed by atoms with E-state index in [-0.39, 0.29) is 5.91 Å². The monoisotopic (exact) mass is 398 g/mol. The van der Waals surface area contributed by atoms with E-state index in [4.69, 9.17) is 4.42 Å². The Morgan fingerprint density at radius 3 is 2.53 bits per heavy atom. The molecule has 0 aliphatic heterocycles. The fourth-order valence-corrected chi connectivity index (χ4v) is 3.33. The minimum absolute atomic E-state index is 0.121. The van der Waals surface area contributed by atoms with E-state index in [1.807, 2.05) is 78.7 Å². The Hall–Kier alpha value is -3.93. The van der Waals surface area contributed by atoms with Gasteiger partial charge in [0.25, 0.3) is 0 Å². The minimum Gasteiger partial charge on any atom is -0.428 e. The molecule has 1 amide bonds. The number of carbonyl (C=O) groups excluding carboxylic acids is 1. The molecule has 0 spiro atoms. The number of aromatic nitrogens is 2. The van der Waals surface area contributed by atoms with Gasteiger partial charge in [-0.05, 0) is 41.0 Å². The van der Waals surface area contributed by atoms with E-state index >= 15 is 0 Å². The maximum Gasteiger partial charge on any atom is 0.247 e. The molecule has 0 radical (unpaired) electrons. The number of anilines is 2. The topological polar surface area (TPSA) is 71.3 Å². The number of carbonyl (C=O) groups is 1. The molecular formula is C24H22N4O2. The number of hydrogen-bond acceptors (Lipinski definition) is 5. The van der Waals surface area contributed by atoms with Gasteiger partial charge in [0.2, 0.25) is 11.8 Å². The molecule has 2 aromatic carbocycles. The van der Waals surface area contributed by atoms with Crippen LogP contribution in [0.15, 0.2) is 96.1 Å². The summed E-state index contributed by atoms with van der Waals surface area (Å²) in [5.74, 6) is 0.418. The normalized spacial score (nSPS) is 11.6. The number of nitrogens with zero attached hydrogens (tertiary/aromatic N) is 3. The number of rotatable bonds is 7. The molecule has 2 aromatic heterocycles. The van der Waals surface area contributed by atoms with E-state index in [2.05, 4.69) is 15.3 Å². The quantitative estimate of drug-likeness (QED) is 0.499. The van der Waals surface area contributed by atoms with E-state index in [9.17, 15) is 4.79 Å². The van der Waals surface area contributed by atoms with Crippen molar-refractivity contribution in [3.8, 4) is 11.1 Å². The van der Waals surface area contributed by atoms with Gasteiger partial charge in [-0.3, -0.25) is 9.78 Å². The highest BCUT2D eigenvalue weighted by molar-refractivity contribution is 5.97. The predicted octanol–water partition coefficient (Wildman–Crippen LogP) is 4.42. The lowest BCUT2D eigenvalue weighted by atomic mass is 10.0. The lowest BCUT2D eigenvalue weighted by molar-refractivity contribution is -0.117. The third kappa shape index (κ3) is 4.55. The smallest absolute Gasteiger partial charge is 0.247 e. The SMILES string of the molecule is CN(c1cnco1)[C@@H](Cc1ccccc1)C(=O)Nc1cccc(-c2ccncc2)c1. The first kappa shape index (κ1) is 19.4. The summed E-state index contributed by atoms with van der Waals surface area (Å²) in [7, 11) is 1.83. The lowest BCUT2D eigenvalue weighted by Gasteiger charge is -2.27. The molecule has 6 nitrogen and oxygen atoms in total. The molecule has 0 fully saturated rings. The average molecular weight is 398 g/mol. The third-order valence-corrected chi connectivity index (χ3v) is 4.95. The molecule has 6 heteroatoms. The molecule has 0 saturated heterocycles. The van der Waals surface area contributed by atoms with Crippen molar-refractivity contribution in [3.05, 3.63) is 97.3 Å². The van der Waals surface area contributed by atoms with Crippen LogP contribution in [-0.2, 0) is 11.2 Å². The summed E-state index contributed by atoms with van der Waals surface area (Å²) in [4.78, 5) is 23.1. The molecule has 0 aliphatic carbocycles. The molecule has 30 heavy (non-hydrogen) atoms. The first-order chi connectivity index (χ1) is 14.7. The standard InChI is InChI=1S/C24H22N4O2/c1-28(23-16-26-17-30-23)22(14-18-6-3-2-4-7-18)24(29)27-21-9-5-8-20(15-21)19-10-12-25-13-11-19/h2-13,15-17,22H,14H2,1H3,(H,27,29)/t22-/m0/s1. The van der Waals surface area contributed by atoms with Crippen LogP contribution in [0.1, 0.15) is 5.56 Å². The van der Waals surface area contributed by atoms with E-state index in [0.717, 1.165) is 22.4 Å². The fraction of sp³-hybridized carbons (Fsp3) is 0.125. The van der Waals surface area contributed by atoms with Crippen molar-refractivity contribution >= 4 is 17.5 Å². The van der Waals surface area contributed by atoms with Crippen molar-refractivity contribution in [1.82, 2.24) is 9.97 Å². The molecule has 0 aliphatic rings. The molecule has 4 rings (SSSR count). The second-order valence-electron chi connectivity index (χ2n) is 6.96. The highest BCUT2D eigenvalue weighted by Crippen LogP contribution is 2.23. The number of likely N-dealkylation sites (N-methyl/N-ethyl adjacent to an activating group) is 1. The number of oxazole rings is 1. The Labute approximate surface area is 175 Å². The summed E-state index contributed by atoms with van der Waals surface area (Å²) in [6.45, 7) is 0. The first-order valence-electron chi connectivity index (χ1n) is 9.67. The van der Waals surface area contributed by atoms with E-state index in [1.54, 1.807) is 18.6 Å². The summed E-state index contributed by atoms with van der Waals surface area (Å²) < 4.78 is 5.42. The average Bonchev–Trinajstić information content (AvgIpc) is 3.33. The largest absolute Gasteiger partial charge is 0.428 e. The van der Waals surface area contributed by atoms with Gasteiger partial charge >= 0.3 is 0 Å². The number of amides is 1. The molecule has 2 heterocycles. The summed E-state index contributed by atoms with van der Waals surface area (Å²) >= 11 is 0. The van der Waals surface area contributed by atoms with Gasteiger partial charge in [-0.1, -0.05) is 42.5 Å². The van der Waals surface area contributed by atoms with E-state index in [1.165, 1.54) is 6.39 Å². The van der Waals surface area contributed by atoms with E-state index < -0.39 is 6.04 Å². The zero-order valence-corrected chi connectivity index (χ0v) is 16.6.